The summed E-state index contributed by atoms with van der Waals surface area (Å²) >= 11 is 0. The highest BCUT2D eigenvalue weighted by atomic mass is 16.7. The summed E-state index contributed by atoms with van der Waals surface area (Å²) in [7, 11) is 1.27. The Morgan fingerprint density at radius 2 is 1.44 bits per heavy atom. The van der Waals surface area contributed by atoms with Crippen molar-refractivity contribution < 1.29 is 79.2 Å². The lowest BCUT2D eigenvalue weighted by molar-refractivity contribution is -0.352. The van der Waals surface area contributed by atoms with Gasteiger partial charge in [0, 0.05) is 17.7 Å². The van der Waals surface area contributed by atoms with Gasteiger partial charge in [-0.3, -0.25) is 4.79 Å². The van der Waals surface area contributed by atoms with Gasteiger partial charge in [-0.25, -0.2) is 0 Å². The summed E-state index contributed by atoms with van der Waals surface area (Å²) in [6, 6.07) is 5.74. The molecular weight excluding hydrogens is 608 g/mol. The highest BCUT2D eigenvalue weighted by Gasteiger charge is 2.51. The maximum atomic E-state index is 13.7. The van der Waals surface area contributed by atoms with Crippen LogP contribution in [0.1, 0.15) is 0 Å². The van der Waals surface area contributed by atoms with Crippen molar-refractivity contribution in [1.29, 1.82) is 0 Å². The monoisotopic (exact) mass is 640 g/mol. The fraction of sp³-hybridized carbons (Fsp3) is 0.464. The lowest BCUT2D eigenvalue weighted by atomic mass is 9.97. The molecule has 0 radical (unpaired) electrons. The molecule has 2 saturated heterocycles. The van der Waals surface area contributed by atoms with Crippen molar-refractivity contribution in [2.45, 2.75) is 61.4 Å². The van der Waals surface area contributed by atoms with E-state index in [1.165, 1.54) is 25.3 Å². The van der Waals surface area contributed by atoms with Gasteiger partial charge in [-0.05, 0) is 18.2 Å². The molecule has 5 rings (SSSR count). The number of hydrogen-bond donors (Lipinski definition) is 10. The average Bonchev–Trinajstić information content (AvgIpc) is 3.01. The average molecular weight is 641 g/mol. The first-order valence-corrected chi connectivity index (χ1v) is 13.5. The van der Waals surface area contributed by atoms with Crippen LogP contribution in [-0.4, -0.2) is 133 Å². The van der Waals surface area contributed by atoms with Crippen molar-refractivity contribution in [2.24, 2.45) is 0 Å². The predicted octanol–water partition coefficient (Wildman–Crippen LogP) is -2.41. The highest BCUT2D eigenvalue weighted by Crippen LogP contribution is 2.40. The Balaban J connectivity index is 1.56. The van der Waals surface area contributed by atoms with Gasteiger partial charge in [0.05, 0.1) is 20.3 Å². The van der Waals surface area contributed by atoms with E-state index in [9.17, 15) is 55.9 Å². The van der Waals surface area contributed by atoms with Gasteiger partial charge >= 0.3 is 0 Å². The number of phenolic OH excluding ortho intramolecular Hbond substituents is 3. The Bertz CT molecular complexity index is 1570. The fourth-order valence-electron chi connectivity index (χ4n) is 5.15. The maximum Gasteiger partial charge on any atom is 0.239 e. The number of aliphatic hydroxyl groups excluding tert-OH is 7. The Labute approximate surface area is 252 Å². The van der Waals surface area contributed by atoms with Crippen molar-refractivity contribution in [1.82, 2.24) is 0 Å². The third-order valence-electron chi connectivity index (χ3n) is 7.56. The number of phenols is 3. The number of hydrogen-bond acceptors (Lipinski definition) is 17. The molecule has 3 aromatic rings. The summed E-state index contributed by atoms with van der Waals surface area (Å²) in [4.78, 5) is 13.7. The van der Waals surface area contributed by atoms with E-state index < -0.39 is 103 Å². The topological polar surface area (TPSA) is 279 Å². The standard InChI is InChI=1S/C28H32O17/c1-40-13-4-9(2-3-11(13)32)24-26(20(36)17-12(33)5-10(31)6-14(17)41-24)45-28-23(39)25(19(35)16(8-30)43-28)44-27-22(38)21(37)18(34)15(7-29)42-27/h2-6,15-16,18-19,21-23,25,27-35,37-39H,7-8H2,1H3/t15-,16-,18-,19-,21+,22-,23-,25+,27+,28+/m1/s1. The first-order valence-electron chi connectivity index (χ1n) is 13.5. The number of aliphatic hydroxyl groups is 7. The Hall–Kier alpha value is -3.75. The minimum atomic E-state index is -2.01. The van der Waals surface area contributed by atoms with Gasteiger partial charge in [-0.2, -0.15) is 0 Å². The van der Waals surface area contributed by atoms with Gasteiger partial charge in [-0.1, -0.05) is 0 Å². The van der Waals surface area contributed by atoms with Crippen molar-refractivity contribution in [3.05, 3.63) is 40.6 Å². The second-order valence-electron chi connectivity index (χ2n) is 10.4. The van der Waals surface area contributed by atoms with Crippen LogP contribution in [0.2, 0.25) is 0 Å². The van der Waals surface area contributed by atoms with Gasteiger partial charge in [0.15, 0.2) is 23.5 Å². The molecule has 2 aliphatic heterocycles. The molecule has 10 atom stereocenters. The van der Waals surface area contributed by atoms with Crippen LogP contribution in [0.3, 0.4) is 0 Å². The first kappa shape index (κ1) is 32.6. The van der Waals surface area contributed by atoms with Crippen LogP contribution in [0.25, 0.3) is 22.3 Å². The third kappa shape index (κ3) is 5.98. The van der Waals surface area contributed by atoms with Crippen LogP contribution >= 0.6 is 0 Å². The van der Waals surface area contributed by atoms with E-state index >= 15 is 0 Å². The van der Waals surface area contributed by atoms with Crippen LogP contribution in [0.4, 0.5) is 0 Å². The molecule has 3 heterocycles. The SMILES string of the molecule is COc1cc(-c2oc3cc(O)cc(O)c3c(=O)c2O[C@@H]2O[C@H](CO)[C@@H](O)[C@H](O[C@@H]3O[C@H](CO)[C@@H](O)[C@H](O)[C@H]3O)[C@H]2O)ccc1O. The third-order valence-corrected chi connectivity index (χ3v) is 7.56. The van der Waals surface area contributed by atoms with Gasteiger partial charge in [0.25, 0.3) is 0 Å². The number of fused-ring (bicyclic) bond motifs is 1. The summed E-state index contributed by atoms with van der Waals surface area (Å²) in [5, 5.41) is 102. The summed E-state index contributed by atoms with van der Waals surface area (Å²) in [5.74, 6) is -2.43. The molecule has 0 aliphatic carbocycles. The quantitative estimate of drug-likeness (QED) is 0.123. The number of rotatable bonds is 8. The zero-order valence-electron chi connectivity index (χ0n) is 23.4. The van der Waals surface area contributed by atoms with Gasteiger partial charge in [0.2, 0.25) is 17.5 Å². The van der Waals surface area contributed by atoms with Crippen molar-refractivity contribution in [2.75, 3.05) is 20.3 Å². The molecular formula is C28H32O17. The summed E-state index contributed by atoms with van der Waals surface area (Å²) in [6.07, 6.45) is -17.8. The molecule has 0 spiro atoms. The maximum absolute atomic E-state index is 13.7. The zero-order chi connectivity index (χ0) is 32.7. The van der Waals surface area contributed by atoms with Crippen LogP contribution in [-0.2, 0) is 14.2 Å². The lowest BCUT2D eigenvalue weighted by Gasteiger charge is -2.45. The van der Waals surface area contributed by atoms with E-state index in [4.69, 9.17) is 28.1 Å². The van der Waals surface area contributed by atoms with Crippen LogP contribution < -0.4 is 14.9 Å². The second kappa shape index (κ2) is 12.9. The summed E-state index contributed by atoms with van der Waals surface area (Å²) < 4.78 is 33.2. The molecule has 246 valence electrons. The van der Waals surface area contributed by atoms with Crippen LogP contribution in [0, 0.1) is 0 Å². The number of aromatic hydroxyl groups is 3. The molecule has 1 aromatic heterocycles. The van der Waals surface area contributed by atoms with E-state index in [2.05, 4.69) is 0 Å². The molecule has 10 N–H and O–H groups in total. The zero-order valence-corrected chi connectivity index (χ0v) is 23.4. The number of benzene rings is 2. The number of methoxy groups -OCH3 is 1. The summed E-state index contributed by atoms with van der Waals surface area (Å²) in [6.45, 7) is -1.65. The minimum absolute atomic E-state index is 0.0367. The van der Waals surface area contributed by atoms with Crippen LogP contribution in [0.15, 0.2) is 39.5 Å². The van der Waals surface area contributed by atoms with Gasteiger partial charge in [0.1, 0.15) is 71.3 Å². The molecule has 2 fully saturated rings. The highest BCUT2D eigenvalue weighted by molar-refractivity contribution is 5.88. The van der Waals surface area contributed by atoms with E-state index in [0.717, 1.165) is 12.1 Å². The van der Waals surface area contributed by atoms with E-state index in [1.54, 1.807) is 0 Å². The molecule has 0 bridgehead atoms. The van der Waals surface area contributed by atoms with E-state index in [-0.39, 0.29) is 28.4 Å². The van der Waals surface area contributed by atoms with E-state index in [0.29, 0.717) is 0 Å². The second-order valence-corrected chi connectivity index (χ2v) is 10.4. The number of ether oxygens (including phenoxy) is 5. The Morgan fingerprint density at radius 3 is 2.11 bits per heavy atom. The van der Waals surface area contributed by atoms with Crippen molar-refractivity contribution >= 4 is 11.0 Å². The Kier molecular flexibility index (Phi) is 9.38. The molecule has 0 saturated carbocycles. The molecule has 17 nitrogen and oxygen atoms in total. The van der Waals surface area contributed by atoms with Crippen molar-refractivity contribution in [3.8, 4) is 40.1 Å². The predicted molar refractivity (Wildman–Crippen MR) is 146 cm³/mol. The first-order chi connectivity index (χ1) is 21.4. The van der Waals surface area contributed by atoms with Crippen LogP contribution in [0.5, 0.6) is 28.7 Å². The van der Waals surface area contributed by atoms with Gasteiger partial charge < -0.3 is 79.2 Å². The smallest absolute Gasteiger partial charge is 0.239 e. The molecule has 45 heavy (non-hydrogen) atoms. The van der Waals surface area contributed by atoms with E-state index in [1.807, 2.05) is 0 Å². The normalized spacial score (nSPS) is 32.0. The molecule has 0 unspecified atom stereocenters. The van der Waals surface area contributed by atoms with Crippen molar-refractivity contribution in [3.63, 3.8) is 0 Å². The van der Waals surface area contributed by atoms with Gasteiger partial charge in [-0.15, -0.1) is 0 Å². The fourth-order valence-corrected chi connectivity index (χ4v) is 5.15. The Morgan fingerprint density at radius 1 is 0.778 bits per heavy atom. The molecule has 17 heteroatoms. The summed E-state index contributed by atoms with van der Waals surface area (Å²) in [5.41, 5.74) is -1.20. The largest absolute Gasteiger partial charge is 0.508 e. The molecule has 2 aliphatic rings. The molecule has 2 aromatic carbocycles. The molecule has 0 amide bonds. The lowest BCUT2D eigenvalue weighted by Crippen LogP contribution is -2.65. The minimum Gasteiger partial charge on any atom is -0.508 e.